The molecule has 2 N–H and O–H groups in total. The Labute approximate surface area is 182 Å². The Balaban J connectivity index is 0.00000261. The summed E-state index contributed by atoms with van der Waals surface area (Å²) in [6, 6.07) is 4.38. The molecule has 0 spiro atoms. The molecule has 6 nitrogen and oxygen atoms in total. The number of thiazole rings is 1. The van der Waals surface area contributed by atoms with E-state index in [2.05, 4.69) is 45.4 Å². The summed E-state index contributed by atoms with van der Waals surface area (Å²) in [6.45, 7) is 10.6. The maximum atomic E-state index is 5.93. The molecule has 1 fully saturated rings. The van der Waals surface area contributed by atoms with E-state index in [1.807, 2.05) is 19.2 Å². The molecule has 2 aromatic rings. The molecule has 1 aliphatic rings. The Kier molecular flexibility index (Phi) is 9.04. The summed E-state index contributed by atoms with van der Waals surface area (Å²) in [7, 11) is 0. The van der Waals surface area contributed by atoms with Crippen LogP contribution in [0.1, 0.15) is 47.2 Å². The van der Waals surface area contributed by atoms with E-state index in [0.29, 0.717) is 6.54 Å². The van der Waals surface area contributed by atoms with Gasteiger partial charge in [0.15, 0.2) is 5.96 Å². The van der Waals surface area contributed by atoms with Gasteiger partial charge in [-0.15, -0.1) is 35.3 Å². The monoisotopic (exact) mass is 503 g/mol. The summed E-state index contributed by atoms with van der Waals surface area (Å²) in [4.78, 5) is 12.8. The minimum absolute atomic E-state index is 0. The lowest BCUT2D eigenvalue weighted by atomic mass is 10.2. The first kappa shape index (κ1) is 22.2. The van der Waals surface area contributed by atoms with Gasteiger partial charge in [-0.2, -0.15) is 0 Å². The fraction of sp³-hybridized carbons (Fsp3) is 0.579. The van der Waals surface area contributed by atoms with Gasteiger partial charge in [-0.05, 0) is 58.8 Å². The summed E-state index contributed by atoms with van der Waals surface area (Å²) in [5.74, 6) is 2.82. The molecule has 8 heteroatoms. The van der Waals surface area contributed by atoms with Gasteiger partial charge in [0.25, 0.3) is 0 Å². The second kappa shape index (κ2) is 11.0. The van der Waals surface area contributed by atoms with Gasteiger partial charge in [-0.3, -0.25) is 4.90 Å². The maximum Gasteiger partial charge on any atom is 0.191 e. The van der Waals surface area contributed by atoms with E-state index in [1.54, 1.807) is 11.3 Å². The average Bonchev–Trinajstić information content (AvgIpc) is 3.36. The number of nitrogens with zero attached hydrogens (tertiary/aromatic N) is 3. The Morgan fingerprint density at radius 3 is 2.67 bits per heavy atom. The number of aliphatic imine (C=N–C) groups is 1. The average molecular weight is 503 g/mol. The second-order valence-electron chi connectivity index (χ2n) is 6.65. The van der Waals surface area contributed by atoms with Crippen molar-refractivity contribution in [2.24, 2.45) is 4.99 Å². The summed E-state index contributed by atoms with van der Waals surface area (Å²) in [5.41, 5.74) is 0. The topological polar surface area (TPSA) is 65.7 Å². The third-order valence-electron chi connectivity index (χ3n) is 4.52. The van der Waals surface area contributed by atoms with E-state index in [1.165, 1.54) is 17.7 Å². The van der Waals surface area contributed by atoms with Crippen LogP contribution in [0, 0.1) is 13.8 Å². The summed E-state index contributed by atoms with van der Waals surface area (Å²) >= 11 is 1.70. The zero-order chi connectivity index (χ0) is 18.4. The Morgan fingerprint density at radius 2 is 2.07 bits per heavy atom. The number of furan rings is 1. The lowest BCUT2D eigenvalue weighted by Gasteiger charge is -2.26. The van der Waals surface area contributed by atoms with Crippen LogP contribution in [0.5, 0.6) is 0 Å². The molecular formula is C19H30IN5OS. The number of aryl methyl sites for hydroxylation is 2. The minimum Gasteiger partial charge on any atom is -0.465 e. The van der Waals surface area contributed by atoms with Crippen LogP contribution in [0.25, 0.3) is 0 Å². The molecular weight excluding hydrogens is 473 g/mol. The van der Waals surface area contributed by atoms with Gasteiger partial charge < -0.3 is 15.1 Å². The second-order valence-corrected chi connectivity index (χ2v) is 7.97. The fourth-order valence-corrected chi connectivity index (χ4v) is 3.96. The highest BCUT2D eigenvalue weighted by Gasteiger charge is 2.26. The van der Waals surface area contributed by atoms with Crippen molar-refractivity contribution < 1.29 is 4.42 Å². The molecule has 1 atom stereocenters. The van der Waals surface area contributed by atoms with Crippen molar-refractivity contribution in [3.05, 3.63) is 39.7 Å². The molecule has 2 aromatic heterocycles. The number of aromatic nitrogens is 1. The first-order chi connectivity index (χ1) is 12.7. The molecule has 3 heterocycles. The zero-order valence-electron chi connectivity index (χ0n) is 16.3. The van der Waals surface area contributed by atoms with Crippen LogP contribution in [0.15, 0.2) is 27.7 Å². The van der Waals surface area contributed by atoms with Gasteiger partial charge in [0, 0.05) is 24.2 Å². The van der Waals surface area contributed by atoms with Crippen molar-refractivity contribution in [2.45, 2.75) is 46.2 Å². The Hall–Kier alpha value is -1.13. The predicted molar refractivity (Wildman–Crippen MR) is 122 cm³/mol. The van der Waals surface area contributed by atoms with E-state index in [4.69, 9.17) is 4.42 Å². The van der Waals surface area contributed by atoms with E-state index < -0.39 is 0 Å². The van der Waals surface area contributed by atoms with Crippen molar-refractivity contribution in [1.29, 1.82) is 0 Å². The molecule has 150 valence electrons. The van der Waals surface area contributed by atoms with Crippen molar-refractivity contribution in [3.8, 4) is 0 Å². The smallest absolute Gasteiger partial charge is 0.191 e. The van der Waals surface area contributed by atoms with Gasteiger partial charge >= 0.3 is 0 Å². The number of hydrogen-bond acceptors (Lipinski definition) is 5. The first-order valence-electron chi connectivity index (χ1n) is 9.39. The van der Waals surface area contributed by atoms with Crippen molar-refractivity contribution in [3.63, 3.8) is 0 Å². The number of halogens is 1. The largest absolute Gasteiger partial charge is 0.465 e. The highest BCUT2D eigenvalue weighted by Crippen LogP contribution is 2.26. The molecule has 0 aliphatic carbocycles. The highest BCUT2D eigenvalue weighted by atomic mass is 127. The number of nitrogens with one attached hydrogen (secondary N) is 2. The Bertz CT molecular complexity index is 723. The zero-order valence-corrected chi connectivity index (χ0v) is 19.5. The normalized spacial score (nSPS) is 16.2. The molecule has 0 saturated carbocycles. The van der Waals surface area contributed by atoms with Crippen LogP contribution in [0.3, 0.4) is 0 Å². The number of guanidine groups is 1. The third kappa shape index (κ3) is 6.46. The summed E-state index contributed by atoms with van der Waals surface area (Å²) in [5, 5.41) is 7.86. The third-order valence-corrected chi connectivity index (χ3v) is 5.42. The van der Waals surface area contributed by atoms with Crippen LogP contribution in [0.2, 0.25) is 0 Å². The van der Waals surface area contributed by atoms with Crippen LogP contribution in [-0.2, 0) is 6.54 Å². The SMILES string of the molecule is CCNC(=NCc1ncc(C)s1)NCC(c1ccc(C)o1)N1CCCC1.I. The predicted octanol–water partition coefficient (Wildman–Crippen LogP) is 3.86. The summed E-state index contributed by atoms with van der Waals surface area (Å²) in [6.07, 6.45) is 4.42. The van der Waals surface area contributed by atoms with E-state index in [9.17, 15) is 0 Å². The molecule has 1 unspecified atom stereocenters. The van der Waals surface area contributed by atoms with Gasteiger partial charge in [0.2, 0.25) is 0 Å². The standard InChI is InChI=1S/C19H29N5OS.HI/c1-4-20-19(23-13-18-21-11-15(3)26-18)22-12-16(24-9-5-6-10-24)17-8-7-14(2)25-17;/h7-8,11,16H,4-6,9-10,12-13H2,1-3H3,(H2,20,22,23);1H. The van der Waals surface area contributed by atoms with Crippen molar-refractivity contribution in [2.75, 3.05) is 26.2 Å². The van der Waals surface area contributed by atoms with E-state index >= 15 is 0 Å². The van der Waals surface area contributed by atoms with Crippen molar-refractivity contribution >= 4 is 41.3 Å². The number of rotatable bonds is 7. The van der Waals surface area contributed by atoms with Gasteiger partial charge in [-0.25, -0.2) is 9.98 Å². The highest BCUT2D eigenvalue weighted by molar-refractivity contribution is 14.0. The molecule has 0 bridgehead atoms. The van der Waals surface area contributed by atoms with E-state index in [0.717, 1.165) is 48.7 Å². The van der Waals surface area contributed by atoms with Crippen molar-refractivity contribution in [1.82, 2.24) is 20.5 Å². The first-order valence-corrected chi connectivity index (χ1v) is 10.2. The molecule has 0 aromatic carbocycles. The molecule has 3 rings (SSSR count). The maximum absolute atomic E-state index is 5.93. The van der Waals surface area contributed by atoms with Crippen LogP contribution in [0.4, 0.5) is 0 Å². The Morgan fingerprint density at radius 1 is 1.30 bits per heavy atom. The van der Waals surface area contributed by atoms with Gasteiger partial charge in [0.05, 0.1) is 12.6 Å². The molecule has 1 saturated heterocycles. The van der Waals surface area contributed by atoms with E-state index in [-0.39, 0.29) is 30.0 Å². The minimum atomic E-state index is 0. The van der Waals surface area contributed by atoms with Gasteiger partial charge in [-0.1, -0.05) is 0 Å². The molecule has 0 amide bonds. The lowest BCUT2D eigenvalue weighted by molar-refractivity contribution is 0.213. The molecule has 27 heavy (non-hydrogen) atoms. The van der Waals surface area contributed by atoms with Crippen LogP contribution < -0.4 is 10.6 Å². The van der Waals surface area contributed by atoms with Crippen LogP contribution >= 0.6 is 35.3 Å². The van der Waals surface area contributed by atoms with Crippen LogP contribution in [-0.4, -0.2) is 42.0 Å². The fourth-order valence-electron chi connectivity index (χ4n) is 3.25. The number of hydrogen-bond donors (Lipinski definition) is 2. The van der Waals surface area contributed by atoms with Gasteiger partial charge in [0.1, 0.15) is 16.5 Å². The number of likely N-dealkylation sites (tertiary alicyclic amines) is 1. The lowest BCUT2D eigenvalue weighted by Crippen LogP contribution is -2.42. The summed E-state index contributed by atoms with van der Waals surface area (Å²) < 4.78 is 5.93. The molecule has 1 aliphatic heterocycles. The quantitative estimate of drug-likeness (QED) is 0.341. The molecule has 0 radical (unpaired) electrons.